The maximum absolute atomic E-state index is 4.85. The molecule has 0 aliphatic rings. The fourth-order valence-electron chi connectivity index (χ4n) is 0.380. The number of rotatable bonds is 2. The van der Waals surface area contributed by atoms with Gasteiger partial charge in [0.1, 0.15) is 0 Å². The molecule has 1 N–H and O–H groups in total. The molecule has 0 aliphatic heterocycles. The fourth-order valence-corrected chi connectivity index (χ4v) is 0.380. The summed E-state index contributed by atoms with van der Waals surface area (Å²) in [5.41, 5.74) is 3.52. The Bertz CT molecular complexity index is 160. The van der Waals surface area contributed by atoms with Crippen molar-refractivity contribution in [1.29, 1.82) is 0 Å². The molecule has 0 spiro atoms. The van der Waals surface area contributed by atoms with Crippen LogP contribution in [0.25, 0.3) is 4.95 Å². The molecule has 9 heavy (non-hydrogen) atoms. The lowest BCUT2D eigenvalue weighted by Gasteiger charge is -1.81. The molecule has 0 amide bonds. The van der Waals surface area contributed by atoms with E-state index in [1.165, 1.54) is 0 Å². The molecule has 0 saturated carbocycles. The highest BCUT2D eigenvalue weighted by molar-refractivity contribution is 5.08. The molecule has 0 aromatic carbocycles. The van der Waals surface area contributed by atoms with Crippen LogP contribution in [0, 0.1) is 6.57 Å². The van der Waals surface area contributed by atoms with Crippen molar-refractivity contribution in [2.75, 3.05) is 0 Å². The zero-order valence-corrected chi connectivity index (χ0v) is 5.76. The minimum absolute atomic E-state index is 0.926. The van der Waals surface area contributed by atoms with E-state index < -0.39 is 0 Å². The highest BCUT2D eigenvalue weighted by Gasteiger charge is 1.84. The van der Waals surface area contributed by atoms with Crippen LogP contribution in [-0.4, -0.2) is 0 Å². The predicted molar refractivity (Wildman–Crippen MR) is 40.0 cm³/mol. The van der Waals surface area contributed by atoms with Crippen LogP contribution >= 0.6 is 0 Å². The Labute approximate surface area is 55.7 Å². The van der Waals surface area contributed by atoms with Crippen molar-refractivity contribution in [3.63, 3.8) is 0 Å². The highest BCUT2D eigenvalue weighted by atomic mass is 15.2. The standard InChI is InChI=1S/C7H11N2/c1-4-5-6-7(2)9-8-3/h3-6,9H,1-2H3/q+1/b5-4-,7-6+. The molecule has 48 valence electrons. The van der Waals surface area contributed by atoms with E-state index in [4.69, 9.17) is 6.57 Å². The smallest absolute Gasteiger partial charge is 0.0876 e. The van der Waals surface area contributed by atoms with Crippen LogP contribution in [0.3, 0.4) is 0 Å². The lowest BCUT2D eigenvalue weighted by molar-refractivity contribution is 1.06. The van der Waals surface area contributed by atoms with E-state index in [2.05, 4.69) is 10.4 Å². The van der Waals surface area contributed by atoms with Gasteiger partial charge in [-0.15, -0.1) is 0 Å². The molecule has 2 nitrogen and oxygen atoms in total. The Kier molecular flexibility index (Phi) is 4.25. The van der Waals surface area contributed by atoms with Crippen LogP contribution in [0.1, 0.15) is 13.8 Å². The lowest BCUT2D eigenvalue weighted by Crippen LogP contribution is -1.95. The normalized spacial score (nSPS) is 11.4. The SMILES string of the molecule is C#[N+]N/C(C)=C/C=C\C. The molecule has 0 radical (unpaired) electrons. The number of hydrogen-bond donors (Lipinski definition) is 1. The van der Waals surface area contributed by atoms with Crippen LogP contribution in [0.15, 0.2) is 23.9 Å². The minimum atomic E-state index is 0.926. The van der Waals surface area contributed by atoms with Gasteiger partial charge in [-0.05, 0) is 19.9 Å². The molecule has 0 atom stereocenters. The predicted octanol–water partition coefficient (Wildman–Crippen LogP) is 1.93. The second-order valence-electron chi connectivity index (χ2n) is 1.62. The monoisotopic (exact) mass is 123 g/mol. The Hall–Kier alpha value is -1.23. The molecule has 0 aliphatic carbocycles. The Morgan fingerprint density at radius 2 is 2.33 bits per heavy atom. The third-order valence-corrected chi connectivity index (χ3v) is 0.780. The summed E-state index contributed by atoms with van der Waals surface area (Å²) in [5.74, 6) is 0. The minimum Gasteiger partial charge on any atom is -0.0876 e. The Balaban J connectivity index is 3.72. The van der Waals surface area contributed by atoms with Crippen molar-refractivity contribution in [3.05, 3.63) is 28.9 Å². The molecule has 0 rings (SSSR count). The maximum Gasteiger partial charge on any atom is 0.305 e. The van der Waals surface area contributed by atoms with Crippen molar-refractivity contribution in [1.82, 2.24) is 5.43 Å². The molecule has 0 fully saturated rings. The molecule has 0 bridgehead atoms. The summed E-state index contributed by atoms with van der Waals surface area (Å²) in [4.78, 5) is 3.24. The summed E-state index contributed by atoms with van der Waals surface area (Å²) in [6, 6.07) is 0. The van der Waals surface area contributed by atoms with Gasteiger partial charge in [0.05, 0.1) is 10.7 Å². The summed E-state index contributed by atoms with van der Waals surface area (Å²) >= 11 is 0. The third kappa shape index (κ3) is 4.63. The molecule has 0 saturated heterocycles. The van der Waals surface area contributed by atoms with E-state index in [0.29, 0.717) is 0 Å². The van der Waals surface area contributed by atoms with E-state index in [9.17, 15) is 0 Å². The van der Waals surface area contributed by atoms with E-state index in [-0.39, 0.29) is 0 Å². The summed E-state index contributed by atoms with van der Waals surface area (Å²) < 4.78 is 0. The average Bonchev–Trinajstić information content (AvgIpc) is 1.85. The number of nitrogens with one attached hydrogen (secondary N) is 1. The Morgan fingerprint density at radius 3 is 2.78 bits per heavy atom. The van der Waals surface area contributed by atoms with Crippen LogP contribution in [-0.2, 0) is 0 Å². The van der Waals surface area contributed by atoms with Crippen molar-refractivity contribution in [2.45, 2.75) is 13.8 Å². The van der Waals surface area contributed by atoms with Crippen LogP contribution in [0.2, 0.25) is 0 Å². The van der Waals surface area contributed by atoms with Crippen LogP contribution in [0.5, 0.6) is 0 Å². The van der Waals surface area contributed by atoms with Crippen molar-refractivity contribution in [3.8, 4) is 6.57 Å². The fraction of sp³-hybridized carbons (Fsp3) is 0.286. The van der Waals surface area contributed by atoms with E-state index >= 15 is 0 Å². The van der Waals surface area contributed by atoms with E-state index in [1.54, 1.807) is 0 Å². The van der Waals surface area contributed by atoms with Gasteiger partial charge in [-0.2, -0.15) is 0 Å². The van der Waals surface area contributed by atoms with Gasteiger partial charge < -0.3 is 0 Å². The largest absolute Gasteiger partial charge is 0.305 e. The summed E-state index contributed by atoms with van der Waals surface area (Å²) in [6.07, 6.45) is 5.73. The topological polar surface area (TPSA) is 16.4 Å². The van der Waals surface area contributed by atoms with Gasteiger partial charge in [0, 0.05) is 0 Å². The lowest BCUT2D eigenvalue weighted by atomic mass is 10.4. The zero-order chi connectivity index (χ0) is 7.11. The first-order chi connectivity index (χ1) is 4.31. The van der Waals surface area contributed by atoms with Gasteiger partial charge in [-0.25, -0.2) is 0 Å². The molecule has 0 aromatic rings. The Morgan fingerprint density at radius 1 is 1.67 bits per heavy atom. The number of allylic oxidation sites excluding steroid dienone is 4. The maximum atomic E-state index is 4.85. The molecule has 0 heterocycles. The van der Waals surface area contributed by atoms with E-state index in [0.717, 1.165) is 5.70 Å². The van der Waals surface area contributed by atoms with Gasteiger partial charge in [0.2, 0.25) is 0 Å². The molecule has 0 aromatic heterocycles. The highest BCUT2D eigenvalue weighted by Crippen LogP contribution is 1.85. The van der Waals surface area contributed by atoms with Gasteiger partial charge in [0.25, 0.3) is 0 Å². The summed E-state index contributed by atoms with van der Waals surface area (Å²) in [7, 11) is 0. The van der Waals surface area contributed by atoms with Crippen molar-refractivity contribution >= 4 is 0 Å². The van der Waals surface area contributed by atoms with Gasteiger partial charge in [0.15, 0.2) is 0 Å². The number of nitrogens with zero attached hydrogens (tertiary/aromatic N) is 1. The van der Waals surface area contributed by atoms with Crippen molar-refractivity contribution < 1.29 is 0 Å². The molecular weight excluding hydrogens is 112 g/mol. The first-order valence-electron chi connectivity index (χ1n) is 2.76. The van der Waals surface area contributed by atoms with Gasteiger partial charge in [-0.1, -0.05) is 17.6 Å². The van der Waals surface area contributed by atoms with Gasteiger partial charge in [-0.3, -0.25) is 0 Å². The van der Waals surface area contributed by atoms with Crippen LogP contribution < -0.4 is 5.43 Å². The van der Waals surface area contributed by atoms with Crippen LogP contribution in [0.4, 0.5) is 0 Å². The molecule has 2 heteroatoms. The third-order valence-electron chi connectivity index (χ3n) is 0.780. The van der Waals surface area contributed by atoms with Crippen molar-refractivity contribution in [2.24, 2.45) is 0 Å². The summed E-state index contributed by atoms with van der Waals surface area (Å²) in [6.45, 7) is 8.68. The quantitative estimate of drug-likeness (QED) is 0.438. The van der Waals surface area contributed by atoms with Gasteiger partial charge >= 0.3 is 6.57 Å². The molecular formula is C7H11N2+. The summed E-state index contributed by atoms with van der Waals surface area (Å²) in [5, 5.41) is 0. The molecule has 0 unspecified atom stereocenters. The van der Waals surface area contributed by atoms with E-state index in [1.807, 2.05) is 32.1 Å². The first kappa shape index (κ1) is 7.77. The first-order valence-corrected chi connectivity index (χ1v) is 2.76. The zero-order valence-electron chi connectivity index (χ0n) is 5.76. The second kappa shape index (κ2) is 4.92. The second-order valence-corrected chi connectivity index (χ2v) is 1.62. The number of hydrogen-bond acceptors (Lipinski definition) is 1. The average molecular weight is 123 g/mol.